The molecule has 0 unspecified atom stereocenters. The zero-order chi connectivity index (χ0) is 22.6. The van der Waals surface area contributed by atoms with Gasteiger partial charge in [-0.15, -0.1) is 0 Å². The smallest absolute Gasteiger partial charge is 0.227 e. The molecule has 4 aromatic rings. The van der Waals surface area contributed by atoms with E-state index < -0.39 is 0 Å². The molecule has 0 saturated carbocycles. The molecule has 0 aliphatic carbocycles. The molecule has 164 valence electrons. The van der Waals surface area contributed by atoms with E-state index in [2.05, 4.69) is 20.4 Å². The molecule has 3 heterocycles. The molecule has 0 aliphatic rings. The third-order valence-electron chi connectivity index (χ3n) is 4.95. The van der Waals surface area contributed by atoms with Crippen LogP contribution in [0.25, 0.3) is 16.9 Å². The molecule has 0 atom stereocenters. The van der Waals surface area contributed by atoms with E-state index in [1.54, 1.807) is 12.4 Å². The van der Waals surface area contributed by atoms with Crippen molar-refractivity contribution in [3.63, 3.8) is 0 Å². The number of hydrogen-bond acceptors (Lipinski definition) is 6. The fourth-order valence-electron chi connectivity index (χ4n) is 3.17. The monoisotopic (exact) mass is 430 g/mol. The highest BCUT2D eigenvalue weighted by Gasteiger charge is 2.21. The van der Waals surface area contributed by atoms with E-state index in [-0.39, 0.29) is 17.7 Å². The second kappa shape index (κ2) is 9.13. The van der Waals surface area contributed by atoms with Crippen molar-refractivity contribution in [2.75, 3.05) is 0 Å². The first kappa shape index (κ1) is 21.4. The van der Waals surface area contributed by atoms with Gasteiger partial charge in [-0.3, -0.25) is 9.78 Å². The number of pyridine rings is 1. The summed E-state index contributed by atoms with van der Waals surface area (Å²) in [5.74, 6) is 1.02. The van der Waals surface area contributed by atoms with Crippen LogP contribution in [0.4, 0.5) is 0 Å². The third kappa shape index (κ3) is 5.08. The molecule has 3 aromatic heterocycles. The molecule has 0 radical (unpaired) electrons. The molecule has 8 nitrogen and oxygen atoms in total. The van der Waals surface area contributed by atoms with Crippen LogP contribution in [0.2, 0.25) is 0 Å². The van der Waals surface area contributed by atoms with E-state index in [4.69, 9.17) is 9.62 Å². The van der Waals surface area contributed by atoms with Crippen LogP contribution >= 0.6 is 0 Å². The molecule has 8 heteroatoms. The molecule has 0 saturated heterocycles. The van der Waals surface area contributed by atoms with Gasteiger partial charge >= 0.3 is 0 Å². The minimum Gasteiger partial charge on any atom is -0.352 e. The number of carbonyl (C=O) groups is 1. The highest BCUT2D eigenvalue weighted by Crippen LogP contribution is 2.23. The first-order chi connectivity index (χ1) is 15.4. The van der Waals surface area contributed by atoms with Crippen LogP contribution < -0.4 is 5.32 Å². The lowest BCUT2D eigenvalue weighted by molar-refractivity contribution is -0.121. The molecular weight excluding hydrogens is 404 g/mol. The Labute approximate surface area is 186 Å². The van der Waals surface area contributed by atoms with Gasteiger partial charge in [0.15, 0.2) is 5.82 Å². The topological polar surface area (TPSA) is 98.7 Å². The van der Waals surface area contributed by atoms with E-state index in [9.17, 15) is 4.79 Å². The minimum atomic E-state index is -0.188. The first-order valence-corrected chi connectivity index (χ1v) is 10.5. The van der Waals surface area contributed by atoms with Crippen molar-refractivity contribution in [2.45, 2.75) is 45.6 Å². The van der Waals surface area contributed by atoms with Gasteiger partial charge in [0.1, 0.15) is 0 Å². The number of benzene rings is 1. The van der Waals surface area contributed by atoms with E-state index in [1.807, 2.05) is 74.1 Å². The van der Waals surface area contributed by atoms with E-state index in [0.29, 0.717) is 24.7 Å². The Morgan fingerprint density at radius 2 is 1.84 bits per heavy atom. The maximum absolute atomic E-state index is 12.5. The average molecular weight is 431 g/mol. The highest BCUT2D eigenvalue weighted by molar-refractivity contribution is 5.76. The second-order valence-electron chi connectivity index (χ2n) is 8.56. The van der Waals surface area contributed by atoms with Crippen LogP contribution in [0, 0.1) is 0 Å². The van der Waals surface area contributed by atoms with E-state index >= 15 is 0 Å². The fourth-order valence-corrected chi connectivity index (χ4v) is 3.17. The van der Waals surface area contributed by atoms with Gasteiger partial charge in [0, 0.05) is 54.5 Å². The summed E-state index contributed by atoms with van der Waals surface area (Å²) >= 11 is 0. The van der Waals surface area contributed by atoms with E-state index in [0.717, 1.165) is 22.5 Å². The standard InChI is InChI=1S/C24H26N6O2/c1-24(2,3)23-27-21(32-29-23)10-9-20(31)26-15-18-16-30(19-7-5-4-6-8-19)28-22(18)17-11-13-25-14-12-17/h4-8,11-14,16H,9-10,15H2,1-3H3,(H,26,31). The van der Waals surface area contributed by atoms with Crippen molar-refractivity contribution in [2.24, 2.45) is 0 Å². The fraction of sp³-hybridized carbons (Fsp3) is 0.292. The predicted octanol–water partition coefficient (Wildman–Crippen LogP) is 3.86. The number of nitrogens with zero attached hydrogens (tertiary/aromatic N) is 5. The largest absolute Gasteiger partial charge is 0.352 e. The van der Waals surface area contributed by atoms with Gasteiger partial charge in [-0.25, -0.2) is 4.68 Å². The Kier molecular flexibility index (Phi) is 6.11. The van der Waals surface area contributed by atoms with Gasteiger partial charge in [-0.1, -0.05) is 44.1 Å². The maximum atomic E-state index is 12.5. The number of aryl methyl sites for hydroxylation is 1. The van der Waals surface area contributed by atoms with Gasteiger partial charge in [0.2, 0.25) is 11.8 Å². The minimum absolute atomic E-state index is 0.0892. The predicted molar refractivity (Wildman–Crippen MR) is 120 cm³/mol. The summed E-state index contributed by atoms with van der Waals surface area (Å²) in [5.41, 5.74) is 3.43. The number of para-hydroxylation sites is 1. The van der Waals surface area contributed by atoms with Crippen molar-refractivity contribution in [3.05, 3.63) is 78.3 Å². The normalized spacial score (nSPS) is 11.5. The molecule has 0 aliphatic heterocycles. The lowest BCUT2D eigenvalue weighted by atomic mass is 9.96. The van der Waals surface area contributed by atoms with Crippen LogP contribution in [-0.4, -0.2) is 30.8 Å². The number of nitrogens with one attached hydrogen (secondary N) is 1. The summed E-state index contributed by atoms with van der Waals surface area (Å²) in [6.45, 7) is 6.42. The Hall–Kier alpha value is -3.81. The Morgan fingerprint density at radius 1 is 1.09 bits per heavy atom. The van der Waals surface area contributed by atoms with Gasteiger partial charge in [-0.2, -0.15) is 10.1 Å². The zero-order valence-corrected chi connectivity index (χ0v) is 18.4. The summed E-state index contributed by atoms with van der Waals surface area (Å²) in [6.07, 6.45) is 6.07. The lowest BCUT2D eigenvalue weighted by Gasteiger charge is -2.10. The molecule has 0 spiro atoms. The Bertz CT molecular complexity index is 1180. The number of amides is 1. The van der Waals surface area contributed by atoms with E-state index in [1.165, 1.54) is 0 Å². The van der Waals surface area contributed by atoms with Crippen LogP contribution in [0.3, 0.4) is 0 Å². The summed E-state index contributed by atoms with van der Waals surface area (Å²) in [4.78, 5) is 21.0. The van der Waals surface area contributed by atoms with Crippen LogP contribution in [0.5, 0.6) is 0 Å². The molecule has 0 bridgehead atoms. The Morgan fingerprint density at radius 3 is 2.53 bits per heavy atom. The highest BCUT2D eigenvalue weighted by atomic mass is 16.5. The molecule has 4 rings (SSSR count). The Balaban J connectivity index is 1.44. The third-order valence-corrected chi connectivity index (χ3v) is 4.95. The quantitative estimate of drug-likeness (QED) is 0.478. The second-order valence-corrected chi connectivity index (χ2v) is 8.56. The van der Waals surface area contributed by atoms with Gasteiger partial charge < -0.3 is 9.84 Å². The maximum Gasteiger partial charge on any atom is 0.227 e. The van der Waals surface area contributed by atoms with Crippen molar-refractivity contribution < 1.29 is 9.32 Å². The van der Waals surface area contributed by atoms with Crippen molar-refractivity contribution in [1.29, 1.82) is 0 Å². The molecule has 32 heavy (non-hydrogen) atoms. The van der Waals surface area contributed by atoms with Gasteiger partial charge in [-0.05, 0) is 24.3 Å². The first-order valence-electron chi connectivity index (χ1n) is 10.5. The molecule has 0 fully saturated rings. The van der Waals surface area contributed by atoms with Crippen molar-refractivity contribution in [3.8, 4) is 16.9 Å². The number of aromatic nitrogens is 5. The average Bonchev–Trinajstić information content (AvgIpc) is 3.45. The van der Waals surface area contributed by atoms with Crippen LogP contribution in [0.15, 0.2) is 65.6 Å². The summed E-state index contributed by atoms with van der Waals surface area (Å²) < 4.78 is 7.10. The van der Waals surface area contributed by atoms with Crippen molar-refractivity contribution in [1.82, 2.24) is 30.2 Å². The number of carbonyl (C=O) groups excluding carboxylic acids is 1. The zero-order valence-electron chi connectivity index (χ0n) is 18.4. The lowest BCUT2D eigenvalue weighted by Crippen LogP contribution is -2.23. The molecular formula is C24H26N6O2. The summed E-state index contributed by atoms with van der Waals surface area (Å²) in [6, 6.07) is 13.7. The van der Waals surface area contributed by atoms with Gasteiger partial charge in [0.05, 0.1) is 11.4 Å². The van der Waals surface area contributed by atoms with Crippen LogP contribution in [-0.2, 0) is 23.2 Å². The summed E-state index contributed by atoms with van der Waals surface area (Å²) in [7, 11) is 0. The number of rotatable bonds is 7. The SMILES string of the molecule is CC(C)(C)c1noc(CCC(=O)NCc2cn(-c3ccccc3)nc2-c2ccncc2)n1. The molecule has 1 amide bonds. The van der Waals surface area contributed by atoms with Crippen molar-refractivity contribution >= 4 is 5.91 Å². The molecule has 1 aromatic carbocycles. The number of hydrogen-bond donors (Lipinski definition) is 1. The molecule has 1 N–H and O–H groups in total. The summed E-state index contributed by atoms with van der Waals surface area (Å²) in [5, 5.41) is 11.7. The van der Waals surface area contributed by atoms with Gasteiger partial charge in [0.25, 0.3) is 0 Å². The van der Waals surface area contributed by atoms with Crippen LogP contribution in [0.1, 0.15) is 44.5 Å².